The summed E-state index contributed by atoms with van der Waals surface area (Å²) in [5.74, 6) is 0.0686. The number of halogens is 2. The quantitative estimate of drug-likeness (QED) is 0.591. The van der Waals surface area contributed by atoms with Crippen LogP contribution in [0.15, 0.2) is 34.7 Å². The van der Waals surface area contributed by atoms with Gasteiger partial charge in [-0.1, -0.05) is 40.6 Å². The van der Waals surface area contributed by atoms with Crippen molar-refractivity contribution in [2.45, 2.75) is 20.4 Å². The van der Waals surface area contributed by atoms with Gasteiger partial charge in [-0.05, 0) is 31.2 Å². The summed E-state index contributed by atoms with van der Waals surface area (Å²) in [6.07, 6.45) is 0. The van der Waals surface area contributed by atoms with E-state index in [4.69, 9.17) is 27.6 Å². The van der Waals surface area contributed by atoms with Gasteiger partial charge in [-0.3, -0.25) is 9.59 Å². The Morgan fingerprint density at radius 2 is 1.93 bits per heavy atom. The predicted molar refractivity (Wildman–Crippen MR) is 109 cm³/mol. The molecule has 0 radical (unpaired) electrons. The van der Waals surface area contributed by atoms with Gasteiger partial charge >= 0.3 is 0 Å². The smallest absolute Gasteiger partial charge is 0.287 e. The van der Waals surface area contributed by atoms with Crippen LogP contribution in [0.3, 0.4) is 0 Å². The number of aromatic nitrogens is 1. The van der Waals surface area contributed by atoms with E-state index in [2.05, 4.69) is 15.6 Å². The van der Waals surface area contributed by atoms with E-state index < -0.39 is 0 Å². The first-order chi connectivity index (χ1) is 12.8. The maximum Gasteiger partial charge on any atom is 0.287 e. The maximum atomic E-state index is 12.4. The molecule has 3 rings (SSSR count). The Morgan fingerprint density at radius 1 is 1.22 bits per heavy atom. The molecule has 6 nitrogen and oxygen atoms in total. The predicted octanol–water partition coefficient (Wildman–Crippen LogP) is 5.15. The van der Waals surface area contributed by atoms with E-state index in [1.54, 1.807) is 37.3 Å². The second-order valence-electron chi connectivity index (χ2n) is 5.66. The lowest BCUT2D eigenvalue weighted by Crippen LogP contribution is -2.22. The van der Waals surface area contributed by atoms with Crippen molar-refractivity contribution >= 4 is 51.5 Å². The Morgan fingerprint density at radius 3 is 2.59 bits per heavy atom. The Hall–Kier alpha value is -2.35. The minimum Gasteiger partial charge on any atom is -0.450 e. The maximum absolute atomic E-state index is 12.4. The van der Waals surface area contributed by atoms with Crippen molar-refractivity contribution in [1.29, 1.82) is 0 Å². The van der Waals surface area contributed by atoms with E-state index in [9.17, 15) is 9.59 Å². The third-order valence-corrected chi connectivity index (χ3v) is 5.42. The first-order valence-corrected chi connectivity index (χ1v) is 9.48. The number of nitrogens with zero attached hydrogens (tertiary/aromatic N) is 1. The van der Waals surface area contributed by atoms with Crippen LogP contribution in [0.25, 0.3) is 10.6 Å². The van der Waals surface area contributed by atoms with Crippen LogP contribution in [0, 0.1) is 6.92 Å². The molecule has 27 heavy (non-hydrogen) atoms. The van der Waals surface area contributed by atoms with Gasteiger partial charge in [0.15, 0.2) is 10.9 Å². The molecule has 1 aromatic carbocycles. The fraction of sp³-hybridized carbons (Fsp3) is 0.167. The number of rotatable bonds is 5. The van der Waals surface area contributed by atoms with Crippen molar-refractivity contribution in [3.8, 4) is 10.6 Å². The molecule has 0 saturated carbocycles. The van der Waals surface area contributed by atoms with Crippen LogP contribution in [0.2, 0.25) is 10.0 Å². The number of anilines is 1. The van der Waals surface area contributed by atoms with Gasteiger partial charge in [0.25, 0.3) is 5.91 Å². The topological polar surface area (TPSA) is 84.2 Å². The van der Waals surface area contributed by atoms with E-state index in [0.717, 1.165) is 4.88 Å². The summed E-state index contributed by atoms with van der Waals surface area (Å²) >= 11 is 13.5. The summed E-state index contributed by atoms with van der Waals surface area (Å²) in [4.78, 5) is 28.5. The van der Waals surface area contributed by atoms with Gasteiger partial charge in [-0.2, -0.15) is 0 Å². The van der Waals surface area contributed by atoms with Gasteiger partial charge in [0.2, 0.25) is 5.91 Å². The summed E-state index contributed by atoms with van der Waals surface area (Å²) in [5, 5.41) is 6.81. The van der Waals surface area contributed by atoms with Gasteiger partial charge in [0.1, 0.15) is 5.76 Å². The molecular weight excluding hydrogens is 409 g/mol. The Labute approximate surface area is 171 Å². The molecule has 142 valence electrons. The van der Waals surface area contributed by atoms with Gasteiger partial charge in [0, 0.05) is 30.5 Å². The highest BCUT2D eigenvalue weighted by atomic mass is 35.5. The molecule has 0 fully saturated rings. The van der Waals surface area contributed by atoms with Gasteiger partial charge < -0.3 is 15.1 Å². The number of furan rings is 1. The molecule has 9 heteroatoms. The molecular formula is C18H17Cl2N3O3S. The van der Waals surface area contributed by atoms with Crippen LogP contribution in [-0.4, -0.2) is 16.8 Å². The normalized spacial score (nSPS) is 10.7. The van der Waals surface area contributed by atoms with E-state index in [1.165, 1.54) is 18.3 Å². The highest BCUT2D eigenvalue weighted by molar-refractivity contribution is 7.19. The number of benzene rings is 1. The molecule has 2 N–H and O–H groups in total. The summed E-state index contributed by atoms with van der Waals surface area (Å²) < 4.78 is 5.66. The lowest BCUT2D eigenvalue weighted by Gasteiger charge is -2.07. The lowest BCUT2D eigenvalue weighted by molar-refractivity contribution is -0.114. The largest absolute Gasteiger partial charge is 0.450 e. The zero-order chi connectivity index (χ0) is 19.6. The number of nitrogens with one attached hydrogen (secondary N) is 2. The summed E-state index contributed by atoms with van der Waals surface area (Å²) in [5.41, 5.74) is 1.34. The van der Waals surface area contributed by atoms with E-state index in [0.29, 0.717) is 32.2 Å². The fourth-order valence-electron chi connectivity index (χ4n) is 2.37. The Balaban J connectivity index is 0.00000280. The summed E-state index contributed by atoms with van der Waals surface area (Å²) in [6, 6.07) is 8.42. The highest BCUT2D eigenvalue weighted by Crippen LogP contribution is 2.34. The molecule has 0 bridgehead atoms. The number of thiazole rings is 1. The standard InChI is InChI=1S/C18H15Cl2N3O3S.H2/c1-9-16(27-18(22-9)23-10(2)24)14-6-7-15(26-14)17(25)21-8-11-12(19)4-3-5-13(11)20;/h3-7H,8H2,1-2H3,(H,21,25)(H,22,23,24);1H. The minimum absolute atomic E-state index is 0. The molecule has 0 aliphatic heterocycles. The van der Waals surface area contributed by atoms with Crippen molar-refractivity contribution in [3.05, 3.63) is 57.4 Å². The third kappa shape index (κ3) is 4.50. The molecule has 0 saturated heterocycles. The van der Waals surface area contributed by atoms with Crippen molar-refractivity contribution < 1.29 is 15.4 Å². The van der Waals surface area contributed by atoms with Crippen LogP contribution in [-0.2, 0) is 11.3 Å². The number of amides is 2. The van der Waals surface area contributed by atoms with Crippen molar-refractivity contribution in [1.82, 2.24) is 10.3 Å². The summed E-state index contributed by atoms with van der Waals surface area (Å²) in [7, 11) is 0. The molecule has 0 atom stereocenters. The third-order valence-electron chi connectivity index (χ3n) is 3.62. The van der Waals surface area contributed by atoms with Crippen LogP contribution >= 0.6 is 34.5 Å². The molecule has 2 amide bonds. The van der Waals surface area contributed by atoms with Crippen LogP contribution in [0.1, 0.15) is 30.2 Å². The average molecular weight is 426 g/mol. The molecule has 0 unspecified atom stereocenters. The first kappa shape index (κ1) is 19.4. The van der Waals surface area contributed by atoms with E-state index in [-0.39, 0.29) is 25.5 Å². The molecule has 0 aliphatic carbocycles. The highest BCUT2D eigenvalue weighted by Gasteiger charge is 2.17. The van der Waals surface area contributed by atoms with E-state index >= 15 is 0 Å². The molecule has 0 spiro atoms. The molecule has 2 heterocycles. The zero-order valence-electron chi connectivity index (χ0n) is 14.4. The van der Waals surface area contributed by atoms with Crippen LogP contribution in [0.4, 0.5) is 5.13 Å². The number of hydrogen-bond donors (Lipinski definition) is 2. The Kier molecular flexibility index (Phi) is 5.84. The number of hydrogen-bond acceptors (Lipinski definition) is 5. The number of carbonyl (C=O) groups excluding carboxylic acids is 2. The minimum atomic E-state index is -0.388. The van der Waals surface area contributed by atoms with Crippen molar-refractivity contribution in [3.63, 3.8) is 0 Å². The number of aryl methyl sites for hydroxylation is 1. The first-order valence-electron chi connectivity index (χ1n) is 7.91. The van der Waals surface area contributed by atoms with E-state index in [1.807, 2.05) is 0 Å². The second kappa shape index (κ2) is 8.12. The molecule has 0 aliphatic rings. The van der Waals surface area contributed by atoms with Crippen LogP contribution in [0.5, 0.6) is 0 Å². The average Bonchev–Trinajstić information content (AvgIpc) is 3.20. The van der Waals surface area contributed by atoms with Gasteiger partial charge in [-0.15, -0.1) is 0 Å². The van der Waals surface area contributed by atoms with Gasteiger partial charge in [-0.25, -0.2) is 4.98 Å². The fourth-order valence-corrected chi connectivity index (χ4v) is 3.87. The number of carbonyl (C=O) groups is 2. The summed E-state index contributed by atoms with van der Waals surface area (Å²) in [6.45, 7) is 3.40. The molecule has 2 aromatic heterocycles. The SMILES string of the molecule is CC(=O)Nc1nc(C)c(-c2ccc(C(=O)NCc3c(Cl)cccc3Cl)o2)s1.[HH]. The van der Waals surface area contributed by atoms with Crippen LogP contribution < -0.4 is 10.6 Å². The second-order valence-corrected chi connectivity index (χ2v) is 7.47. The Bertz CT molecular complexity index is 999. The lowest BCUT2D eigenvalue weighted by atomic mass is 10.2. The molecule has 3 aromatic rings. The monoisotopic (exact) mass is 425 g/mol. The van der Waals surface area contributed by atoms with Crippen molar-refractivity contribution in [2.75, 3.05) is 5.32 Å². The zero-order valence-corrected chi connectivity index (χ0v) is 16.8. The van der Waals surface area contributed by atoms with Gasteiger partial charge in [0.05, 0.1) is 10.6 Å². The van der Waals surface area contributed by atoms with Crippen molar-refractivity contribution in [2.24, 2.45) is 0 Å².